The van der Waals surface area contributed by atoms with Crippen molar-refractivity contribution in [3.05, 3.63) is 0 Å². The average molecular weight is 138 g/mol. The van der Waals surface area contributed by atoms with Gasteiger partial charge in [0.2, 0.25) is 0 Å². The zero-order chi connectivity index (χ0) is 3.41. The van der Waals surface area contributed by atoms with Crippen molar-refractivity contribution in [2.45, 2.75) is 0 Å². The molecule has 0 rings (SSSR count). The van der Waals surface area contributed by atoms with Crippen LogP contribution >= 0.6 is 11.6 Å². The second kappa shape index (κ2) is 3.37. The SMILES string of the molecule is ClC#C[Se-]. The molecule has 22 valence electrons. The quantitative estimate of drug-likeness (QED) is 0.334. The van der Waals surface area contributed by atoms with E-state index in [4.69, 9.17) is 11.6 Å². The Kier molecular flexibility index (Phi) is 3.68. The summed E-state index contributed by atoms with van der Waals surface area (Å²) in [4.78, 5) is 2.32. The van der Waals surface area contributed by atoms with Crippen molar-refractivity contribution in [1.82, 2.24) is 0 Å². The molecule has 0 saturated heterocycles. The van der Waals surface area contributed by atoms with Gasteiger partial charge in [0.1, 0.15) is 0 Å². The van der Waals surface area contributed by atoms with Crippen molar-refractivity contribution >= 4 is 27.6 Å². The Bertz CT molecular complexity index is 42.8. The van der Waals surface area contributed by atoms with Gasteiger partial charge in [0.25, 0.3) is 0 Å². The molecule has 4 heavy (non-hydrogen) atoms. The average Bonchev–Trinajstić information content (AvgIpc) is 1.37. The molecule has 0 nitrogen and oxygen atoms in total. The second-order valence-corrected chi connectivity index (χ2v) is 0.814. The molecule has 0 bridgehead atoms. The maximum absolute atomic E-state index is 4.79. The molecule has 0 aliphatic carbocycles. The van der Waals surface area contributed by atoms with E-state index in [0.717, 1.165) is 0 Å². The van der Waals surface area contributed by atoms with Crippen molar-refractivity contribution in [2.75, 3.05) is 0 Å². The minimum atomic E-state index is 2.10. The second-order valence-electron chi connectivity index (χ2n) is 0.197. The monoisotopic (exact) mass is 139 g/mol. The summed E-state index contributed by atoms with van der Waals surface area (Å²) < 4.78 is 0. The predicted octanol–water partition coefficient (Wildman–Crippen LogP) is 0.312. The summed E-state index contributed by atoms with van der Waals surface area (Å²) in [5.41, 5.74) is 0. The molecule has 0 radical (unpaired) electrons. The van der Waals surface area contributed by atoms with Crippen LogP contribution in [0.15, 0.2) is 0 Å². The van der Waals surface area contributed by atoms with Crippen LogP contribution in [0.2, 0.25) is 0 Å². The van der Waals surface area contributed by atoms with E-state index in [0.29, 0.717) is 0 Å². The molecule has 0 aliphatic rings. The van der Waals surface area contributed by atoms with Gasteiger partial charge in [-0.05, 0) is 0 Å². The Morgan fingerprint density at radius 1 is 1.75 bits per heavy atom. The molecule has 0 spiro atoms. The number of halogens is 1. The van der Waals surface area contributed by atoms with Crippen molar-refractivity contribution in [3.8, 4) is 10.2 Å². The minimum absolute atomic E-state index is 2.10. The maximum atomic E-state index is 4.79. The predicted molar refractivity (Wildman–Crippen MR) is 19.4 cm³/mol. The molecule has 0 heterocycles. The summed E-state index contributed by atoms with van der Waals surface area (Å²) >= 11 is 7.19. The Balaban J connectivity index is 2.83. The van der Waals surface area contributed by atoms with Gasteiger partial charge in [-0.15, -0.1) is 0 Å². The first-order valence-electron chi connectivity index (χ1n) is 0.643. The Morgan fingerprint density at radius 2 is 2.00 bits per heavy atom. The van der Waals surface area contributed by atoms with Gasteiger partial charge in [-0.3, -0.25) is 0 Å². The van der Waals surface area contributed by atoms with Crippen LogP contribution in [-0.2, 0) is 0 Å². The first-order valence-corrected chi connectivity index (χ1v) is 1.88. The molecule has 0 aromatic rings. The summed E-state index contributed by atoms with van der Waals surface area (Å²) in [5, 5.41) is 2.10. The van der Waals surface area contributed by atoms with Crippen molar-refractivity contribution in [2.24, 2.45) is 0 Å². The summed E-state index contributed by atoms with van der Waals surface area (Å²) in [7, 11) is 0. The van der Waals surface area contributed by atoms with Crippen LogP contribution in [0.4, 0.5) is 0 Å². The Labute approximate surface area is 38.3 Å². The van der Waals surface area contributed by atoms with Crippen LogP contribution in [0.3, 0.4) is 0 Å². The van der Waals surface area contributed by atoms with Crippen LogP contribution in [0.5, 0.6) is 0 Å². The van der Waals surface area contributed by atoms with E-state index in [1.165, 1.54) is 0 Å². The van der Waals surface area contributed by atoms with Crippen molar-refractivity contribution < 1.29 is 0 Å². The number of rotatable bonds is 0. The van der Waals surface area contributed by atoms with Gasteiger partial charge >= 0.3 is 37.8 Å². The van der Waals surface area contributed by atoms with Crippen LogP contribution in [-0.4, -0.2) is 16.0 Å². The first-order chi connectivity index (χ1) is 1.91. The molecule has 0 amide bonds. The van der Waals surface area contributed by atoms with E-state index >= 15 is 0 Å². The van der Waals surface area contributed by atoms with Gasteiger partial charge in [0.15, 0.2) is 0 Å². The van der Waals surface area contributed by atoms with Crippen LogP contribution in [0, 0.1) is 10.2 Å². The molecule has 0 unspecified atom stereocenters. The fraction of sp³-hybridized carbons (Fsp3) is 0. The first kappa shape index (κ1) is 4.37. The van der Waals surface area contributed by atoms with Gasteiger partial charge in [-0.25, -0.2) is 0 Å². The standard InChI is InChI=1S/C2HClSe/c3-1-2-4/h4H/p-1. The summed E-state index contributed by atoms with van der Waals surface area (Å²) in [6.07, 6.45) is 0. The normalized spacial score (nSPS) is 3.25. The Morgan fingerprint density at radius 3 is 2.00 bits per heavy atom. The third-order valence-electron chi connectivity index (χ3n) is 0.0386. The molecule has 0 atom stereocenters. The molecule has 0 N–H and O–H groups in total. The van der Waals surface area contributed by atoms with Crippen molar-refractivity contribution in [3.63, 3.8) is 0 Å². The van der Waals surface area contributed by atoms with E-state index in [1.807, 2.05) is 0 Å². The van der Waals surface area contributed by atoms with Gasteiger partial charge in [-0.2, -0.15) is 0 Å². The molecular formula is C2ClSe-. The van der Waals surface area contributed by atoms with Crippen LogP contribution < -0.4 is 0 Å². The zero-order valence-electron chi connectivity index (χ0n) is 1.79. The van der Waals surface area contributed by atoms with Gasteiger partial charge < -0.3 is 0 Å². The number of hydrogen-bond donors (Lipinski definition) is 0. The third-order valence-corrected chi connectivity index (χ3v) is 0.601. The fourth-order valence-electron chi connectivity index (χ4n) is 0. The molecular weight excluding hydrogens is 138 g/mol. The van der Waals surface area contributed by atoms with E-state index < -0.39 is 0 Å². The summed E-state index contributed by atoms with van der Waals surface area (Å²) in [6.45, 7) is 0. The molecule has 2 heteroatoms. The molecule has 0 aromatic heterocycles. The van der Waals surface area contributed by atoms with Crippen molar-refractivity contribution in [1.29, 1.82) is 0 Å². The van der Waals surface area contributed by atoms with Crippen LogP contribution in [0.25, 0.3) is 0 Å². The topological polar surface area (TPSA) is 0 Å². The molecule has 0 saturated carbocycles. The summed E-state index contributed by atoms with van der Waals surface area (Å²) in [6, 6.07) is 0. The van der Waals surface area contributed by atoms with Gasteiger partial charge in [-0.1, -0.05) is 0 Å². The van der Waals surface area contributed by atoms with Crippen LogP contribution in [0.1, 0.15) is 0 Å². The molecule has 0 fully saturated rings. The number of hydrogen-bond acceptors (Lipinski definition) is 0. The fourth-order valence-corrected chi connectivity index (χ4v) is 0. The molecule has 0 aliphatic heterocycles. The van der Waals surface area contributed by atoms with E-state index in [-0.39, 0.29) is 0 Å². The van der Waals surface area contributed by atoms with E-state index in [1.54, 1.807) is 0 Å². The van der Waals surface area contributed by atoms with E-state index in [9.17, 15) is 0 Å². The summed E-state index contributed by atoms with van der Waals surface area (Å²) in [5.74, 6) is 0. The van der Waals surface area contributed by atoms with E-state index in [2.05, 4.69) is 26.2 Å². The zero-order valence-corrected chi connectivity index (χ0v) is 4.26. The third kappa shape index (κ3) is 2.37. The van der Waals surface area contributed by atoms with Gasteiger partial charge in [0.05, 0.1) is 0 Å². The van der Waals surface area contributed by atoms with Gasteiger partial charge in [0, 0.05) is 0 Å². The molecule has 0 aromatic carbocycles. The Hall–Kier alpha value is 0.369.